The lowest BCUT2D eigenvalue weighted by Gasteiger charge is -2.05. The van der Waals surface area contributed by atoms with Gasteiger partial charge in [0.25, 0.3) is 0 Å². The summed E-state index contributed by atoms with van der Waals surface area (Å²) in [6.45, 7) is 0. The van der Waals surface area contributed by atoms with Gasteiger partial charge < -0.3 is 4.57 Å². The Morgan fingerprint density at radius 2 is 2.07 bits per heavy atom. The molecule has 0 N–H and O–H groups in total. The Balaban J connectivity index is 2.37. The highest BCUT2D eigenvalue weighted by atomic mass is 32.2. The molecular formula is C13H15NS. The van der Waals surface area contributed by atoms with Crippen molar-refractivity contribution in [1.82, 2.24) is 4.57 Å². The van der Waals surface area contributed by atoms with Gasteiger partial charge in [0, 0.05) is 24.7 Å². The summed E-state index contributed by atoms with van der Waals surface area (Å²) in [5.41, 5.74) is 3.97. The zero-order chi connectivity index (χ0) is 10.7. The SMILES string of the molecule is CSCc1cccc(-c2cccn2C)c1. The van der Waals surface area contributed by atoms with Crippen LogP contribution in [0.25, 0.3) is 11.3 Å². The molecule has 1 aromatic carbocycles. The van der Waals surface area contributed by atoms with E-state index in [1.807, 2.05) is 11.8 Å². The Labute approximate surface area is 95.1 Å². The molecule has 2 aromatic rings. The van der Waals surface area contributed by atoms with Gasteiger partial charge in [0.05, 0.1) is 0 Å². The number of aryl methyl sites for hydroxylation is 1. The van der Waals surface area contributed by atoms with Crippen molar-refractivity contribution in [1.29, 1.82) is 0 Å². The molecule has 2 heteroatoms. The molecule has 2 rings (SSSR count). The van der Waals surface area contributed by atoms with E-state index in [2.05, 4.69) is 60.5 Å². The summed E-state index contributed by atoms with van der Waals surface area (Å²) in [7, 11) is 2.08. The third-order valence-electron chi connectivity index (χ3n) is 2.48. The van der Waals surface area contributed by atoms with Crippen LogP contribution in [-0.4, -0.2) is 10.8 Å². The molecule has 0 aliphatic rings. The molecule has 0 radical (unpaired) electrons. The van der Waals surface area contributed by atoms with Gasteiger partial charge in [-0.05, 0) is 35.6 Å². The zero-order valence-corrected chi connectivity index (χ0v) is 9.92. The van der Waals surface area contributed by atoms with E-state index in [0.29, 0.717) is 0 Å². The Kier molecular flexibility index (Phi) is 3.17. The molecule has 0 saturated heterocycles. The minimum absolute atomic E-state index is 1.08. The lowest BCUT2D eigenvalue weighted by Crippen LogP contribution is -1.90. The third kappa shape index (κ3) is 2.26. The number of nitrogens with zero attached hydrogens (tertiary/aromatic N) is 1. The molecule has 0 bridgehead atoms. The van der Waals surface area contributed by atoms with Crippen molar-refractivity contribution in [3.63, 3.8) is 0 Å². The van der Waals surface area contributed by atoms with E-state index in [9.17, 15) is 0 Å². The molecule has 1 nitrogen and oxygen atoms in total. The first kappa shape index (κ1) is 10.4. The Morgan fingerprint density at radius 1 is 1.20 bits per heavy atom. The van der Waals surface area contributed by atoms with Crippen molar-refractivity contribution in [2.45, 2.75) is 5.75 Å². The topological polar surface area (TPSA) is 4.93 Å². The maximum Gasteiger partial charge on any atom is 0.0477 e. The Morgan fingerprint density at radius 3 is 2.73 bits per heavy atom. The number of aromatic nitrogens is 1. The summed E-state index contributed by atoms with van der Waals surface area (Å²) in [6, 6.07) is 13.0. The molecule has 0 aliphatic carbocycles. The standard InChI is InChI=1S/C13H15NS/c1-14-8-4-7-13(14)12-6-3-5-11(9-12)10-15-2/h3-9H,10H2,1-2H3. The first-order valence-corrected chi connectivity index (χ1v) is 6.40. The summed E-state index contributed by atoms with van der Waals surface area (Å²) >= 11 is 1.86. The largest absolute Gasteiger partial charge is 0.351 e. The fourth-order valence-corrected chi connectivity index (χ4v) is 2.26. The van der Waals surface area contributed by atoms with Crippen LogP contribution >= 0.6 is 11.8 Å². The van der Waals surface area contributed by atoms with Crippen molar-refractivity contribution in [3.05, 3.63) is 48.2 Å². The smallest absolute Gasteiger partial charge is 0.0477 e. The van der Waals surface area contributed by atoms with E-state index >= 15 is 0 Å². The molecule has 0 aliphatic heterocycles. The molecule has 0 unspecified atom stereocenters. The summed E-state index contributed by atoms with van der Waals surface area (Å²) in [4.78, 5) is 0. The van der Waals surface area contributed by atoms with Crippen LogP contribution in [0.3, 0.4) is 0 Å². The van der Waals surface area contributed by atoms with Gasteiger partial charge in [-0.3, -0.25) is 0 Å². The maximum absolute atomic E-state index is 2.27. The molecule has 0 amide bonds. The normalized spacial score (nSPS) is 10.5. The van der Waals surface area contributed by atoms with Gasteiger partial charge in [-0.25, -0.2) is 0 Å². The van der Waals surface area contributed by atoms with Crippen molar-refractivity contribution in [3.8, 4) is 11.3 Å². The number of hydrogen-bond donors (Lipinski definition) is 0. The quantitative estimate of drug-likeness (QED) is 0.761. The number of hydrogen-bond acceptors (Lipinski definition) is 1. The van der Waals surface area contributed by atoms with Crippen LogP contribution in [0.15, 0.2) is 42.6 Å². The van der Waals surface area contributed by atoms with E-state index in [-0.39, 0.29) is 0 Å². The lowest BCUT2D eigenvalue weighted by atomic mass is 10.1. The van der Waals surface area contributed by atoms with Crippen LogP contribution < -0.4 is 0 Å². The first-order valence-electron chi connectivity index (χ1n) is 5.01. The molecule has 78 valence electrons. The molecule has 15 heavy (non-hydrogen) atoms. The average molecular weight is 217 g/mol. The monoisotopic (exact) mass is 217 g/mol. The molecule has 0 atom stereocenters. The highest BCUT2D eigenvalue weighted by molar-refractivity contribution is 7.97. The molecular weight excluding hydrogens is 202 g/mol. The van der Waals surface area contributed by atoms with Crippen molar-refractivity contribution < 1.29 is 0 Å². The molecule has 1 aromatic heterocycles. The zero-order valence-electron chi connectivity index (χ0n) is 9.10. The summed E-state index contributed by atoms with van der Waals surface area (Å²) in [6.07, 6.45) is 4.21. The average Bonchev–Trinajstić information content (AvgIpc) is 2.65. The van der Waals surface area contributed by atoms with E-state index in [4.69, 9.17) is 0 Å². The summed E-state index contributed by atoms with van der Waals surface area (Å²) < 4.78 is 2.15. The van der Waals surface area contributed by atoms with Gasteiger partial charge in [-0.2, -0.15) is 11.8 Å². The van der Waals surface area contributed by atoms with E-state index in [1.165, 1.54) is 16.8 Å². The first-order chi connectivity index (χ1) is 7.31. The molecule has 0 saturated carbocycles. The third-order valence-corrected chi connectivity index (χ3v) is 3.10. The van der Waals surface area contributed by atoms with E-state index < -0.39 is 0 Å². The van der Waals surface area contributed by atoms with Crippen LogP contribution in [0.1, 0.15) is 5.56 Å². The van der Waals surface area contributed by atoms with Crippen LogP contribution in [-0.2, 0) is 12.8 Å². The van der Waals surface area contributed by atoms with Gasteiger partial charge in [0.2, 0.25) is 0 Å². The number of rotatable bonds is 3. The highest BCUT2D eigenvalue weighted by Gasteiger charge is 2.01. The van der Waals surface area contributed by atoms with E-state index in [1.54, 1.807) is 0 Å². The fourth-order valence-electron chi connectivity index (χ4n) is 1.75. The van der Waals surface area contributed by atoms with Crippen LogP contribution in [0.4, 0.5) is 0 Å². The van der Waals surface area contributed by atoms with Gasteiger partial charge in [0.1, 0.15) is 0 Å². The van der Waals surface area contributed by atoms with Crippen molar-refractivity contribution in [2.24, 2.45) is 7.05 Å². The second-order valence-corrected chi connectivity index (χ2v) is 4.50. The Bertz CT molecular complexity index is 445. The summed E-state index contributed by atoms with van der Waals surface area (Å²) in [5.74, 6) is 1.08. The maximum atomic E-state index is 2.27. The highest BCUT2D eigenvalue weighted by Crippen LogP contribution is 2.21. The number of benzene rings is 1. The second kappa shape index (κ2) is 4.58. The minimum atomic E-state index is 1.08. The molecule has 0 fully saturated rings. The predicted octanol–water partition coefficient (Wildman–Crippen LogP) is 3.56. The Hall–Kier alpha value is -1.15. The van der Waals surface area contributed by atoms with Gasteiger partial charge in [0.15, 0.2) is 0 Å². The van der Waals surface area contributed by atoms with Gasteiger partial charge in [-0.1, -0.05) is 18.2 Å². The van der Waals surface area contributed by atoms with Crippen LogP contribution in [0, 0.1) is 0 Å². The van der Waals surface area contributed by atoms with Crippen LogP contribution in [0.5, 0.6) is 0 Å². The van der Waals surface area contributed by atoms with Gasteiger partial charge >= 0.3 is 0 Å². The van der Waals surface area contributed by atoms with E-state index in [0.717, 1.165) is 5.75 Å². The fraction of sp³-hybridized carbons (Fsp3) is 0.231. The lowest BCUT2D eigenvalue weighted by molar-refractivity contribution is 0.937. The molecule has 0 spiro atoms. The van der Waals surface area contributed by atoms with Gasteiger partial charge in [-0.15, -0.1) is 0 Å². The van der Waals surface area contributed by atoms with Crippen LogP contribution in [0.2, 0.25) is 0 Å². The molecule has 1 heterocycles. The number of thioether (sulfide) groups is 1. The summed E-state index contributed by atoms with van der Waals surface area (Å²) in [5, 5.41) is 0. The predicted molar refractivity (Wildman–Crippen MR) is 68.1 cm³/mol. The van der Waals surface area contributed by atoms with Crippen molar-refractivity contribution in [2.75, 3.05) is 6.26 Å². The second-order valence-electron chi connectivity index (χ2n) is 3.64. The minimum Gasteiger partial charge on any atom is -0.351 e. The van der Waals surface area contributed by atoms with Crippen molar-refractivity contribution >= 4 is 11.8 Å².